The van der Waals surface area contributed by atoms with Crippen LogP contribution in [0.4, 0.5) is 4.39 Å². The number of carbonyl (C=O) groups excluding carboxylic acids is 1. The first kappa shape index (κ1) is 29.7. The van der Waals surface area contributed by atoms with Gasteiger partial charge >= 0.3 is 0 Å². The molecule has 1 amide bonds. The number of carbonyl (C=O) groups is 1. The highest BCUT2D eigenvalue weighted by Crippen LogP contribution is 2.42. The Morgan fingerprint density at radius 2 is 1.65 bits per heavy atom. The minimum absolute atomic E-state index is 0.0252. The molecular weight excluding hydrogens is 561 g/mol. The van der Waals surface area contributed by atoms with Gasteiger partial charge < -0.3 is 14.7 Å². The fraction of sp³-hybridized carbons (Fsp3) is 0.378. The van der Waals surface area contributed by atoms with Crippen LogP contribution < -0.4 is 4.74 Å². The molecule has 1 saturated heterocycles. The first-order valence-corrected chi connectivity index (χ1v) is 16.0. The Balaban J connectivity index is 1.23. The van der Waals surface area contributed by atoms with Gasteiger partial charge in [-0.05, 0) is 90.1 Å². The number of halogens is 2. The van der Waals surface area contributed by atoms with Crippen molar-refractivity contribution < 1.29 is 19.0 Å². The number of likely N-dealkylation sites (tertiary alicyclic amines) is 1. The maximum absolute atomic E-state index is 15.7. The van der Waals surface area contributed by atoms with Gasteiger partial charge in [-0.1, -0.05) is 79.4 Å². The highest BCUT2D eigenvalue weighted by molar-refractivity contribution is 6.30. The first-order valence-electron chi connectivity index (χ1n) is 15.6. The number of benzene rings is 3. The molecule has 1 aliphatic heterocycles. The number of ether oxygens (including phenoxy) is 1. The second kappa shape index (κ2) is 13.5. The van der Waals surface area contributed by atoms with Crippen LogP contribution >= 0.6 is 11.6 Å². The molecule has 2 fully saturated rings. The summed E-state index contributed by atoms with van der Waals surface area (Å²) in [5.74, 6) is 1.07. The average Bonchev–Trinajstić information content (AvgIpc) is 3.05. The Bertz CT molecular complexity index is 1490. The van der Waals surface area contributed by atoms with E-state index in [2.05, 4.69) is 18.2 Å². The quantitative estimate of drug-likeness (QED) is 0.295. The lowest BCUT2D eigenvalue weighted by Crippen LogP contribution is -2.40. The lowest BCUT2D eigenvalue weighted by atomic mass is 9.70. The first-order chi connectivity index (χ1) is 21.0. The predicted molar refractivity (Wildman–Crippen MR) is 170 cm³/mol. The molecule has 3 aliphatic rings. The third-order valence-corrected chi connectivity index (χ3v) is 9.61. The van der Waals surface area contributed by atoms with Crippen molar-refractivity contribution in [1.29, 1.82) is 0 Å². The van der Waals surface area contributed by atoms with E-state index in [9.17, 15) is 9.90 Å². The monoisotopic (exact) mass is 599 g/mol. The summed E-state index contributed by atoms with van der Waals surface area (Å²) in [6.07, 6.45) is 15.6. The molecule has 4 nitrogen and oxygen atoms in total. The molecule has 0 aromatic heterocycles. The van der Waals surface area contributed by atoms with E-state index in [0.717, 1.165) is 16.7 Å². The standard InChI is InChI=1S/C37H39ClFNO3/c38-29-13-10-26(11-14-29)32-16-12-27(37(42)40-20-18-30(41)19-21-40)22-28(32)24-43-31-15-17-35(36(39)23-31)34-9-5-4-8-33(34)25-6-2-1-3-7-25/h4-5,8-17,22-23,25,30,33-34,41H,1-3,6-7,18-21,24H2. The van der Waals surface area contributed by atoms with Crippen molar-refractivity contribution in [3.63, 3.8) is 0 Å². The zero-order valence-corrected chi connectivity index (χ0v) is 25.2. The van der Waals surface area contributed by atoms with Crippen molar-refractivity contribution in [1.82, 2.24) is 4.90 Å². The highest BCUT2D eigenvalue weighted by Gasteiger charge is 2.31. The van der Waals surface area contributed by atoms with E-state index in [-0.39, 0.29) is 30.4 Å². The maximum Gasteiger partial charge on any atom is 0.253 e. The van der Waals surface area contributed by atoms with Gasteiger partial charge in [0.1, 0.15) is 18.2 Å². The van der Waals surface area contributed by atoms with Gasteiger partial charge in [0.2, 0.25) is 0 Å². The van der Waals surface area contributed by atoms with Gasteiger partial charge in [0.05, 0.1) is 6.10 Å². The fourth-order valence-electron chi connectivity index (χ4n) is 6.94. The third-order valence-electron chi connectivity index (χ3n) is 9.36. The molecule has 1 saturated carbocycles. The van der Waals surface area contributed by atoms with E-state index in [1.54, 1.807) is 4.90 Å². The Morgan fingerprint density at radius 3 is 2.40 bits per heavy atom. The summed E-state index contributed by atoms with van der Waals surface area (Å²) in [5, 5.41) is 10.5. The molecule has 3 aromatic carbocycles. The number of nitrogens with zero attached hydrogens (tertiary/aromatic N) is 1. The number of amides is 1. The molecule has 2 unspecified atom stereocenters. The van der Waals surface area contributed by atoms with Crippen LogP contribution in [0.25, 0.3) is 11.1 Å². The topological polar surface area (TPSA) is 49.8 Å². The molecule has 2 aliphatic carbocycles. The predicted octanol–water partition coefficient (Wildman–Crippen LogP) is 8.73. The zero-order valence-electron chi connectivity index (χ0n) is 24.4. The summed E-state index contributed by atoms with van der Waals surface area (Å²) in [5.41, 5.74) is 3.99. The summed E-state index contributed by atoms with van der Waals surface area (Å²) >= 11 is 6.14. The van der Waals surface area contributed by atoms with Gasteiger partial charge in [-0.3, -0.25) is 4.79 Å². The maximum atomic E-state index is 15.7. The van der Waals surface area contributed by atoms with Crippen LogP contribution in [0.1, 0.15) is 72.3 Å². The van der Waals surface area contributed by atoms with Crippen LogP contribution in [0.15, 0.2) is 85.0 Å². The van der Waals surface area contributed by atoms with E-state index in [0.29, 0.717) is 59.7 Å². The van der Waals surface area contributed by atoms with Crippen LogP contribution in [-0.4, -0.2) is 35.1 Å². The minimum atomic E-state index is -0.351. The zero-order chi connectivity index (χ0) is 29.8. The molecule has 1 N–H and O–H groups in total. The van der Waals surface area contributed by atoms with E-state index in [1.807, 2.05) is 60.7 Å². The summed E-state index contributed by atoms with van der Waals surface area (Å²) < 4.78 is 21.9. The second-order valence-corrected chi connectivity index (χ2v) is 12.6. The van der Waals surface area contributed by atoms with Crippen molar-refractivity contribution in [3.05, 3.63) is 112 Å². The smallest absolute Gasteiger partial charge is 0.253 e. The summed E-state index contributed by atoms with van der Waals surface area (Å²) in [6, 6.07) is 18.4. The summed E-state index contributed by atoms with van der Waals surface area (Å²) in [6.45, 7) is 1.24. The van der Waals surface area contributed by atoms with Crippen molar-refractivity contribution >= 4 is 17.5 Å². The summed E-state index contributed by atoms with van der Waals surface area (Å²) in [4.78, 5) is 15.1. The molecule has 1 heterocycles. The summed E-state index contributed by atoms with van der Waals surface area (Å²) in [7, 11) is 0. The number of piperidine rings is 1. The van der Waals surface area contributed by atoms with Crippen LogP contribution in [0, 0.1) is 17.7 Å². The van der Waals surface area contributed by atoms with Gasteiger partial charge in [-0.25, -0.2) is 4.39 Å². The van der Waals surface area contributed by atoms with Crippen LogP contribution in [0.5, 0.6) is 5.75 Å². The molecule has 43 heavy (non-hydrogen) atoms. The Morgan fingerprint density at radius 1 is 0.907 bits per heavy atom. The Hall–Kier alpha value is -3.41. The molecule has 6 heteroatoms. The lowest BCUT2D eigenvalue weighted by molar-refractivity contribution is 0.0546. The number of allylic oxidation sites excluding steroid dienone is 4. The van der Waals surface area contributed by atoms with E-state index in [4.69, 9.17) is 16.3 Å². The SMILES string of the molecule is O=C(c1ccc(-c2ccc(Cl)cc2)c(COc2ccc(C3C=CC=CC3C3CCCCC3)c(F)c2)c1)N1CCC(O)CC1. The van der Waals surface area contributed by atoms with Crippen molar-refractivity contribution in [2.75, 3.05) is 13.1 Å². The molecule has 3 aromatic rings. The fourth-order valence-corrected chi connectivity index (χ4v) is 7.07. The van der Waals surface area contributed by atoms with Crippen LogP contribution in [0.3, 0.4) is 0 Å². The van der Waals surface area contributed by atoms with Crippen molar-refractivity contribution in [2.24, 2.45) is 11.8 Å². The Labute approximate surface area is 258 Å². The molecule has 0 radical (unpaired) electrons. The Kier molecular flexibility index (Phi) is 9.30. The number of hydrogen-bond acceptors (Lipinski definition) is 3. The van der Waals surface area contributed by atoms with E-state index >= 15 is 4.39 Å². The molecule has 6 rings (SSSR count). The van der Waals surface area contributed by atoms with Crippen LogP contribution in [0.2, 0.25) is 5.02 Å². The molecule has 2 atom stereocenters. The average molecular weight is 600 g/mol. The normalized spacial score (nSPS) is 21.2. The number of aliphatic hydroxyl groups excluding tert-OH is 1. The lowest BCUT2D eigenvalue weighted by Gasteiger charge is -2.34. The molecule has 0 bridgehead atoms. The number of aliphatic hydroxyl groups is 1. The number of rotatable bonds is 7. The largest absolute Gasteiger partial charge is 0.489 e. The third kappa shape index (κ3) is 6.89. The van der Waals surface area contributed by atoms with Gasteiger partial charge in [-0.15, -0.1) is 0 Å². The van der Waals surface area contributed by atoms with Gasteiger partial charge in [0.25, 0.3) is 5.91 Å². The molecular formula is C37H39ClFNO3. The van der Waals surface area contributed by atoms with E-state index in [1.165, 1.54) is 38.2 Å². The number of hydrogen-bond donors (Lipinski definition) is 1. The molecule has 224 valence electrons. The van der Waals surface area contributed by atoms with Crippen molar-refractivity contribution in [3.8, 4) is 16.9 Å². The van der Waals surface area contributed by atoms with Gasteiger partial charge in [0.15, 0.2) is 0 Å². The minimum Gasteiger partial charge on any atom is -0.489 e. The van der Waals surface area contributed by atoms with Gasteiger partial charge in [0, 0.05) is 35.7 Å². The van der Waals surface area contributed by atoms with Crippen LogP contribution in [-0.2, 0) is 6.61 Å². The van der Waals surface area contributed by atoms with E-state index < -0.39 is 0 Å². The second-order valence-electron chi connectivity index (χ2n) is 12.1. The molecule has 0 spiro atoms. The van der Waals surface area contributed by atoms with Gasteiger partial charge in [-0.2, -0.15) is 0 Å². The van der Waals surface area contributed by atoms with Crippen molar-refractivity contribution in [2.45, 2.75) is 63.6 Å². The highest BCUT2D eigenvalue weighted by atomic mass is 35.5.